The average molecular weight is 541 g/mol. The second-order valence-corrected chi connectivity index (χ2v) is 9.78. The van der Waals surface area contributed by atoms with Gasteiger partial charge in [-0.05, 0) is 67.0 Å². The fourth-order valence-corrected chi connectivity index (χ4v) is 4.20. The third kappa shape index (κ3) is 5.26. The monoisotopic (exact) mass is 540 g/mol. The van der Waals surface area contributed by atoms with Gasteiger partial charge in [0.2, 0.25) is 0 Å². The largest absolute Gasteiger partial charge is 0.486 e. The lowest BCUT2D eigenvalue weighted by Gasteiger charge is -2.24. The summed E-state index contributed by atoms with van der Waals surface area (Å²) in [6.07, 6.45) is 3.34. The Bertz CT molecular complexity index is 1390. The molecule has 7 nitrogen and oxygen atoms in total. The predicted octanol–water partition coefficient (Wildman–Crippen LogP) is 4.63. The van der Waals surface area contributed by atoms with E-state index in [1.807, 2.05) is 32.1 Å². The molecule has 3 aromatic heterocycles. The van der Waals surface area contributed by atoms with E-state index >= 15 is 0 Å². The highest BCUT2D eigenvalue weighted by Gasteiger charge is 2.24. The van der Waals surface area contributed by atoms with Gasteiger partial charge in [0.15, 0.2) is 0 Å². The highest BCUT2D eigenvalue weighted by atomic mass is 79.9. The van der Waals surface area contributed by atoms with Gasteiger partial charge in [-0.25, -0.2) is 9.37 Å². The lowest BCUT2D eigenvalue weighted by Crippen LogP contribution is -2.29. The normalized spacial score (nSPS) is 16.0. The van der Waals surface area contributed by atoms with Crippen molar-refractivity contribution in [3.05, 3.63) is 92.1 Å². The van der Waals surface area contributed by atoms with Gasteiger partial charge in [-0.15, -0.1) is 0 Å². The van der Waals surface area contributed by atoms with Crippen LogP contribution in [0.2, 0.25) is 0 Å². The van der Waals surface area contributed by atoms with E-state index in [0.29, 0.717) is 35.1 Å². The van der Waals surface area contributed by atoms with Gasteiger partial charge in [0, 0.05) is 36.1 Å². The number of dihydropyridines is 1. The summed E-state index contributed by atoms with van der Waals surface area (Å²) in [4.78, 5) is 26.6. The number of aromatic nitrogens is 3. The molecule has 1 atom stereocenters. The molecule has 35 heavy (non-hydrogen) atoms. The number of hydrogen-bond donors (Lipinski definition) is 1. The van der Waals surface area contributed by atoms with Crippen molar-refractivity contribution in [3.63, 3.8) is 0 Å². The highest BCUT2D eigenvalue weighted by Crippen LogP contribution is 2.29. The van der Waals surface area contributed by atoms with Crippen LogP contribution in [-0.4, -0.2) is 31.9 Å². The lowest BCUT2D eigenvalue weighted by molar-refractivity contribution is 0.0738. The van der Waals surface area contributed by atoms with E-state index in [-0.39, 0.29) is 28.3 Å². The molecule has 0 amide bonds. The zero-order valence-electron chi connectivity index (χ0n) is 19.9. The summed E-state index contributed by atoms with van der Waals surface area (Å²) in [7, 11) is 0. The minimum atomic E-state index is -1.09. The van der Waals surface area contributed by atoms with Crippen LogP contribution in [0.3, 0.4) is 0 Å². The summed E-state index contributed by atoms with van der Waals surface area (Å²) in [6.45, 7) is 7.55. The van der Waals surface area contributed by atoms with Crippen LogP contribution in [0.1, 0.15) is 43.5 Å². The van der Waals surface area contributed by atoms with Crippen LogP contribution in [0.25, 0.3) is 5.70 Å². The Kier molecular flexibility index (Phi) is 7.00. The highest BCUT2D eigenvalue weighted by molar-refractivity contribution is 9.10. The van der Waals surface area contributed by atoms with E-state index in [4.69, 9.17) is 4.74 Å². The first-order chi connectivity index (χ1) is 16.6. The molecule has 9 heteroatoms. The van der Waals surface area contributed by atoms with Gasteiger partial charge >= 0.3 is 0 Å². The Labute approximate surface area is 211 Å². The van der Waals surface area contributed by atoms with Gasteiger partial charge < -0.3 is 9.84 Å². The number of aliphatic hydroxyl groups is 1. The van der Waals surface area contributed by atoms with Crippen molar-refractivity contribution in [1.29, 1.82) is 0 Å². The smallest absolute Gasteiger partial charge is 0.273 e. The molecule has 1 N–H and O–H groups in total. The number of halogens is 2. The Morgan fingerprint density at radius 3 is 2.77 bits per heavy atom. The van der Waals surface area contributed by atoms with Crippen molar-refractivity contribution in [3.8, 4) is 5.75 Å². The molecule has 0 unspecified atom stereocenters. The van der Waals surface area contributed by atoms with E-state index in [0.717, 1.165) is 5.70 Å². The summed E-state index contributed by atoms with van der Waals surface area (Å²) in [5, 5.41) is 10.3. The van der Waals surface area contributed by atoms with Crippen molar-refractivity contribution in [2.24, 2.45) is 10.9 Å². The number of aryl methyl sites for hydroxylation is 1. The van der Waals surface area contributed by atoms with Crippen LogP contribution in [0.4, 0.5) is 4.39 Å². The SMILES string of the molecule is Cc1cc(OCc2ncccc2F)c(Br)c(=O)n1C1=CC(c2cccc(C(C)(C)O)n2)=NC[C@H]1C. The molecule has 0 aromatic carbocycles. The van der Waals surface area contributed by atoms with Crippen LogP contribution in [0, 0.1) is 18.7 Å². The summed E-state index contributed by atoms with van der Waals surface area (Å²) in [5.41, 5.74) is 2.01. The number of hydrogen-bond acceptors (Lipinski definition) is 6. The molecule has 0 bridgehead atoms. The number of allylic oxidation sites excluding steroid dienone is 1. The van der Waals surface area contributed by atoms with Crippen molar-refractivity contribution < 1.29 is 14.2 Å². The third-order valence-corrected chi connectivity index (χ3v) is 6.45. The quantitative estimate of drug-likeness (QED) is 0.492. The van der Waals surface area contributed by atoms with Crippen LogP contribution in [-0.2, 0) is 12.2 Å². The van der Waals surface area contributed by atoms with Gasteiger partial charge in [0.25, 0.3) is 5.56 Å². The number of nitrogens with zero attached hydrogens (tertiary/aromatic N) is 4. The van der Waals surface area contributed by atoms with E-state index < -0.39 is 11.4 Å². The molecule has 1 aliphatic rings. The maximum absolute atomic E-state index is 13.9. The molecule has 4 heterocycles. The van der Waals surface area contributed by atoms with Crippen molar-refractivity contribution >= 4 is 27.3 Å². The van der Waals surface area contributed by atoms with E-state index in [2.05, 4.69) is 30.9 Å². The molecule has 3 aromatic rings. The van der Waals surface area contributed by atoms with Gasteiger partial charge in [0.05, 0.1) is 17.1 Å². The molecule has 4 rings (SSSR count). The lowest BCUT2D eigenvalue weighted by atomic mass is 9.99. The summed E-state index contributed by atoms with van der Waals surface area (Å²) in [6, 6.07) is 9.98. The molecule has 182 valence electrons. The van der Waals surface area contributed by atoms with Crippen molar-refractivity contribution in [2.75, 3.05) is 6.54 Å². The number of aliphatic imine (C=N–C) groups is 1. The first-order valence-corrected chi connectivity index (χ1v) is 12.0. The van der Waals surface area contributed by atoms with Gasteiger partial charge in [-0.1, -0.05) is 13.0 Å². The first-order valence-electron chi connectivity index (χ1n) is 11.2. The minimum Gasteiger partial charge on any atom is -0.486 e. The molecule has 0 saturated heterocycles. The van der Waals surface area contributed by atoms with Crippen LogP contribution < -0.4 is 10.3 Å². The molecular formula is C26H26BrFN4O3. The standard InChI is InChI=1S/C26H26BrFN4O3/c1-15-13-30-19(18-8-5-9-23(31-18)26(3,4)34)12-21(15)32-16(2)11-22(24(27)25(32)33)35-14-20-17(28)7-6-10-29-20/h5-12,15,34H,13-14H2,1-4H3/t15-/m1/s1. The third-order valence-electron chi connectivity index (χ3n) is 5.72. The van der Waals surface area contributed by atoms with Gasteiger partial charge in [-0.3, -0.25) is 19.3 Å². The maximum atomic E-state index is 13.9. The Hall–Kier alpha value is -3.17. The summed E-state index contributed by atoms with van der Waals surface area (Å²) < 4.78 is 21.5. The van der Waals surface area contributed by atoms with Crippen LogP contribution in [0.15, 0.2) is 62.9 Å². The summed E-state index contributed by atoms with van der Waals surface area (Å²) in [5.74, 6) is -0.177. The fourth-order valence-electron chi connectivity index (χ4n) is 3.79. The summed E-state index contributed by atoms with van der Waals surface area (Å²) >= 11 is 3.37. The van der Waals surface area contributed by atoms with Gasteiger partial charge in [0.1, 0.15) is 33.9 Å². The Morgan fingerprint density at radius 2 is 2.06 bits per heavy atom. The average Bonchev–Trinajstić information content (AvgIpc) is 2.82. The number of ether oxygens (including phenoxy) is 1. The zero-order chi connectivity index (χ0) is 25.3. The van der Waals surface area contributed by atoms with E-state index in [1.54, 1.807) is 30.5 Å². The number of pyridine rings is 3. The van der Waals surface area contributed by atoms with E-state index in [1.165, 1.54) is 18.3 Å². The van der Waals surface area contributed by atoms with Crippen molar-refractivity contribution in [1.82, 2.24) is 14.5 Å². The fraction of sp³-hybridized carbons (Fsp3) is 0.308. The molecule has 0 saturated carbocycles. The van der Waals surface area contributed by atoms with Crippen molar-refractivity contribution in [2.45, 2.75) is 39.9 Å². The molecule has 0 fully saturated rings. The number of rotatable bonds is 6. The molecule has 0 spiro atoms. The molecule has 0 radical (unpaired) electrons. The topological polar surface area (TPSA) is 89.6 Å². The van der Waals surface area contributed by atoms with E-state index in [9.17, 15) is 14.3 Å². The van der Waals surface area contributed by atoms with Crippen LogP contribution >= 0.6 is 15.9 Å². The maximum Gasteiger partial charge on any atom is 0.273 e. The molecular weight excluding hydrogens is 515 g/mol. The Balaban J connectivity index is 1.69. The second-order valence-electron chi connectivity index (χ2n) is 8.99. The minimum absolute atomic E-state index is 0.0195. The Morgan fingerprint density at radius 1 is 1.29 bits per heavy atom. The second kappa shape index (κ2) is 9.83. The van der Waals surface area contributed by atoms with Crippen LogP contribution in [0.5, 0.6) is 5.75 Å². The predicted molar refractivity (Wildman–Crippen MR) is 136 cm³/mol. The molecule has 1 aliphatic heterocycles. The first kappa shape index (κ1) is 24.9. The van der Waals surface area contributed by atoms with Gasteiger partial charge in [-0.2, -0.15) is 0 Å². The molecule has 0 aliphatic carbocycles. The zero-order valence-corrected chi connectivity index (χ0v) is 21.5.